The fraction of sp³-hybridized carbons (Fsp3) is 0.0800. The van der Waals surface area contributed by atoms with Gasteiger partial charge in [0.25, 0.3) is 5.91 Å². The third-order valence-corrected chi connectivity index (χ3v) is 5.77. The average Bonchev–Trinajstić information content (AvgIpc) is 2.80. The maximum Gasteiger partial charge on any atom is 0.335 e. The van der Waals surface area contributed by atoms with Crippen molar-refractivity contribution in [1.82, 2.24) is 0 Å². The number of hydrogen-bond acceptors (Lipinski definition) is 4. The van der Waals surface area contributed by atoms with E-state index in [1.807, 2.05) is 6.07 Å². The van der Waals surface area contributed by atoms with Gasteiger partial charge in [0.1, 0.15) is 18.2 Å². The maximum absolute atomic E-state index is 12.6. The molecule has 3 rings (SSSR count). The van der Waals surface area contributed by atoms with Gasteiger partial charge < -0.3 is 15.2 Å². The molecule has 0 saturated carbocycles. The number of benzene rings is 3. The number of aromatic carboxylic acids is 1. The van der Waals surface area contributed by atoms with Crippen LogP contribution in [0.1, 0.15) is 27.0 Å². The molecule has 0 aliphatic heterocycles. The molecule has 0 fully saturated rings. The molecule has 9 heteroatoms. The van der Waals surface area contributed by atoms with Crippen LogP contribution in [0.3, 0.4) is 0 Å². The molecule has 3 aromatic carbocycles. The first-order valence-corrected chi connectivity index (χ1v) is 11.0. The van der Waals surface area contributed by atoms with Gasteiger partial charge in [0.2, 0.25) is 0 Å². The molecule has 0 aromatic heterocycles. The summed E-state index contributed by atoms with van der Waals surface area (Å²) >= 11 is 18.7. The average molecular weight is 516 g/mol. The highest BCUT2D eigenvalue weighted by Gasteiger charge is 2.14. The van der Waals surface area contributed by atoms with Gasteiger partial charge in [-0.05, 0) is 66.1 Å². The second-order valence-corrected chi connectivity index (χ2v) is 8.36. The van der Waals surface area contributed by atoms with Crippen LogP contribution in [-0.2, 0) is 11.4 Å². The Morgan fingerprint density at radius 1 is 1.06 bits per heavy atom. The number of ether oxygens (including phenoxy) is 1. The van der Waals surface area contributed by atoms with E-state index in [2.05, 4.69) is 5.32 Å². The standard InChI is InChI=1S/C25H17Cl3N2O4/c1-14-19(26)3-2-4-22(14)30-24(31)18(12-29)9-16-10-20(27)23(21(28)11-16)34-13-15-5-7-17(8-6-15)25(32)33/h2-11H,13H2,1H3,(H,30,31)(H,32,33)/b18-9-. The van der Waals surface area contributed by atoms with E-state index >= 15 is 0 Å². The van der Waals surface area contributed by atoms with Crippen LogP contribution in [0.2, 0.25) is 15.1 Å². The van der Waals surface area contributed by atoms with E-state index < -0.39 is 11.9 Å². The van der Waals surface area contributed by atoms with Crippen molar-refractivity contribution in [2.75, 3.05) is 5.32 Å². The minimum atomic E-state index is -1.02. The first-order chi connectivity index (χ1) is 16.2. The lowest BCUT2D eigenvalue weighted by atomic mass is 10.1. The van der Waals surface area contributed by atoms with E-state index in [1.54, 1.807) is 37.3 Å². The van der Waals surface area contributed by atoms with Crippen LogP contribution < -0.4 is 10.1 Å². The second-order valence-electron chi connectivity index (χ2n) is 7.14. The number of halogens is 3. The van der Waals surface area contributed by atoms with E-state index in [1.165, 1.54) is 30.3 Å². The van der Waals surface area contributed by atoms with Gasteiger partial charge in [0, 0.05) is 10.7 Å². The van der Waals surface area contributed by atoms with E-state index in [0.29, 0.717) is 21.8 Å². The number of carboxylic acid groups (broad SMARTS) is 1. The van der Waals surface area contributed by atoms with Gasteiger partial charge in [0.15, 0.2) is 5.75 Å². The van der Waals surface area contributed by atoms with Crippen molar-refractivity contribution in [3.8, 4) is 11.8 Å². The summed E-state index contributed by atoms with van der Waals surface area (Å²) in [5.74, 6) is -1.40. The quantitative estimate of drug-likeness (QED) is 0.267. The van der Waals surface area contributed by atoms with Crippen molar-refractivity contribution in [1.29, 1.82) is 5.26 Å². The van der Waals surface area contributed by atoms with E-state index in [-0.39, 0.29) is 33.5 Å². The first-order valence-electron chi connectivity index (χ1n) is 9.82. The topological polar surface area (TPSA) is 99.4 Å². The largest absolute Gasteiger partial charge is 0.486 e. The number of carboxylic acids is 1. The number of anilines is 1. The van der Waals surface area contributed by atoms with Crippen molar-refractivity contribution < 1.29 is 19.4 Å². The number of carbonyl (C=O) groups is 2. The van der Waals surface area contributed by atoms with Crippen LogP contribution in [0.15, 0.2) is 60.2 Å². The Hall–Kier alpha value is -3.50. The second kappa shape index (κ2) is 11.1. The number of carbonyl (C=O) groups excluding carboxylic acids is 1. The maximum atomic E-state index is 12.6. The molecule has 0 atom stereocenters. The molecule has 172 valence electrons. The molecule has 0 bridgehead atoms. The smallest absolute Gasteiger partial charge is 0.335 e. The molecule has 3 aromatic rings. The van der Waals surface area contributed by atoms with Gasteiger partial charge in [-0.1, -0.05) is 53.0 Å². The van der Waals surface area contributed by atoms with Gasteiger partial charge in [-0.3, -0.25) is 4.79 Å². The Morgan fingerprint density at radius 3 is 2.29 bits per heavy atom. The molecule has 0 aliphatic rings. The summed E-state index contributed by atoms with van der Waals surface area (Å²) in [6.07, 6.45) is 1.36. The van der Waals surface area contributed by atoms with Gasteiger partial charge in [-0.2, -0.15) is 5.26 Å². The summed E-state index contributed by atoms with van der Waals surface area (Å²) in [4.78, 5) is 23.6. The van der Waals surface area contributed by atoms with Crippen molar-refractivity contribution in [2.24, 2.45) is 0 Å². The highest BCUT2D eigenvalue weighted by atomic mass is 35.5. The third kappa shape index (κ3) is 6.09. The predicted octanol–water partition coefficient (Wildman–Crippen LogP) is 6.78. The minimum absolute atomic E-state index is 0.110. The Labute approximate surface area is 210 Å². The fourth-order valence-electron chi connectivity index (χ4n) is 2.95. The SMILES string of the molecule is Cc1c(Cl)cccc1NC(=O)/C(C#N)=C\c1cc(Cl)c(OCc2ccc(C(=O)O)cc2)c(Cl)c1. The van der Waals surface area contributed by atoms with Crippen LogP contribution in [0, 0.1) is 18.3 Å². The van der Waals surface area contributed by atoms with Crippen molar-refractivity contribution >= 4 is 58.4 Å². The zero-order chi connectivity index (χ0) is 24.8. The Kier molecular flexibility index (Phi) is 8.19. The molecule has 34 heavy (non-hydrogen) atoms. The van der Waals surface area contributed by atoms with Crippen molar-refractivity contribution in [3.05, 3.63) is 97.5 Å². The molecule has 2 N–H and O–H groups in total. The molecular formula is C25H17Cl3N2O4. The van der Waals surface area contributed by atoms with Crippen molar-refractivity contribution in [3.63, 3.8) is 0 Å². The summed E-state index contributed by atoms with van der Waals surface area (Å²) in [6.45, 7) is 1.87. The number of hydrogen-bond donors (Lipinski definition) is 2. The summed E-state index contributed by atoms with van der Waals surface area (Å²) in [5.41, 5.74) is 2.34. The zero-order valence-electron chi connectivity index (χ0n) is 17.7. The molecular weight excluding hydrogens is 499 g/mol. The van der Waals surface area contributed by atoms with Crippen LogP contribution >= 0.6 is 34.8 Å². The summed E-state index contributed by atoms with van der Waals surface area (Å²) in [5, 5.41) is 22.0. The van der Waals surface area contributed by atoms with Gasteiger partial charge in [-0.15, -0.1) is 0 Å². The molecule has 0 spiro atoms. The number of amides is 1. The zero-order valence-corrected chi connectivity index (χ0v) is 20.0. The number of nitriles is 1. The number of nitrogens with zero attached hydrogens (tertiary/aromatic N) is 1. The molecule has 0 aliphatic carbocycles. The Morgan fingerprint density at radius 2 is 1.71 bits per heavy atom. The third-order valence-electron chi connectivity index (χ3n) is 4.80. The van der Waals surface area contributed by atoms with Crippen LogP contribution in [-0.4, -0.2) is 17.0 Å². The Bertz CT molecular complexity index is 1310. The molecule has 0 saturated heterocycles. The van der Waals surface area contributed by atoms with Gasteiger partial charge >= 0.3 is 5.97 Å². The summed E-state index contributed by atoms with van der Waals surface area (Å²) in [6, 6.07) is 16.2. The van der Waals surface area contributed by atoms with Crippen LogP contribution in [0.25, 0.3) is 6.08 Å². The van der Waals surface area contributed by atoms with Gasteiger partial charge in [-0.25, -0.2) is 4.79 Å². The lowest BCUT2D eigenvalue weighted by Crippen LogP contribution is -2.14. The molecule has 0 unspecified atom stereocenters. The lowest BCUT2D eigenvalue weighted by molar-refractivity contribution is -0.112. The summed E-state index contributed by atoms with van der Waals surface area (Å²) < 4.78 is 5.70. The molecule has 1 amide bonds. The molecule has 0 heterocycles. The molecule has 0 radical (unpaired) electrons. The fourth-order valence-corrected chi connectivity index (χ4v) is 3.74. The minimum Gasteiger partial charge on any atom is -0.486 e. The predicted molar refractivity (Wildman–Crippen MR) is 133 cm³/mol. The monoisotopic (exact) mass is 514 g/mol. The van der Waals surface area contributed by atoms with Crippen LogP contribution in [0.4, 0.5) is 5.69 Å². The number of rotatable bonds is 7. The first kappa shape index (κ1) is 25.1. The highest BCUT2D eigenvalue weighted by molar-refractivity contribution is 6.37. The lowest BCUT2D eigenvalue weighted by Gasteiger charge is -2.12. The number of nitrogens with one attached hydrogen (secondary N) is 1. The normalized spacial score (nSPS) is 11.0. The Balaban J connectivity index is 1.76. The molecule has 6 nitrogen and oxygen atoms in total. The van der Waals surface area contributed by atoms with Crippen molar-refractivity contribution in [2.45, 2.75) is 13.5 Å². The van der Waals surface area contributed by atoms with Crippen LogP contribution in [0.5, 0.6) is 5.75 Å². The van der Waals surface area contributed by atoms with E-state index in [9.17, 15) is 14.9 Å². The van der Waals surface area contributed by atoms with Gasteiger partial charge in [0.05, 0.1) is 15.6 Å². The van der Waals surface area contributed by atoms with E-state index in [0.717, 1.165) is 5.56 Å². The summed E-state index contributed by atoms with van der Waals surface area (Å²) in [7, 11) is 0. The highest BCUT2D eigenvalue weighted by Crippen LogP contribution is 2.35. The van der Waals surface area contributed by atoms with E-state index in [4.69, 9.17) is 44.6 Å².